The molecule has 0 fully saturated rings. The van der Waals surface area contributed by atoms with E-state index in [0.717, 1.165) is 5.56 Å². The highest BCUT2D eigenvalue weighted by Crippen LogP contribution is 2.08. The van der Waals surface area contributed by atoms with Crippen molar-refractivity contribution in [2.24, 2.45) is 5.73 Å². The van der Waals surface area contributed by atoms with Crippen LogP contribution in [-0.4, -0.2) is 40.6 Å². The molecule has 1 atom stereocenters. The number of hydrogen-bond donors (Lipinski definition) is 2. The van der Waals surface area contributed by atoms with Gasteiger partial charge in [-0.2, -0.15) is 0 Å². The summed E-state index contributed by atoms with van der Waals surface area (Å²) in [4.78, 5) is 13.8. The highest BCUT2D eigenvalue weighted by Gasteiger charge is 2.16. The third-order valence-corrected chi connectivity index (χ3v) is 2.90. The Morgan fingerprint density at radius 1 is 1.41 bits per heavy atom. The van der Waals surface area contributed by atoms with Crippen molar-refractivity contribution < 1.29 is 9.90 Å². The SMILES string of the molecule is CC(CO)N(C)C(=O)c1ccc(C(N)=S)cc1. The number of benzene rings is 1. The lowest BCUT2D eigenvalue weighted by atomic mass is 10.1. The van der Waals surface area contributed by atoms with Gasteiger partial charge in [-0.25, -0.2) is 0 Å². The number of amides is 1. The first-order valence-corrected chi connectivity index (χ1v) is 5.66. The van der Waals surface area contributed by atoms with E-state index in [4.69, 9.17) is 23.1 Å². The molecule has 17 heavy (non-hydrogen) atoms. The summed E-state index contributed by atoms with van der Waals surface area (Å²) in [5, 5.41) is 8.99. The zero-order chi connectivity index (χ0) is 13.0. The Bertz CT molecular complexity index is 417. The molecule has 4 nitrogen and oxygen atoms in total. The topological polar surface area (TPSA) is 66.6 Å². The van der Waals surface area contributed by atoms with Crippen LogP contribution in [0.5, 0.6) is 0 Å². The van der Waals surface area contributed by atoms with Crippen LogP contribution in [0, 0.1) is 0 Å². The Morgan fingerprint density at radius 3 is 2.29 bits per heavy atom. The molecule has 92 valence electrons. The molecular formula is C12H16N2O2S. The van der Waals surface area contributed by atoms with Crippen LogP contribution in [-0.2, 0) is 0 Å². The summed E-state index contributed by atoms with van der Waals surface area (Å²) >= 11 is 4.83. The van der Waals surface area contributed by atoms with Gasteiger partial charge in [0.15, 0.2) is 0 Å². The smallest absolute Gasteiger partial charge is 0.253 e. The standard InChI is InChI=1S/C12H16N2O2S/c1-8(7-15)14(2)12(16)10-5-3-9(4-6-10)11(13)17/h3-6,8,15H,7H2,1-2H3,(H2,13,17). The van der Waals surface area contributed by atoms with Gasteiger partial charge in [-0.3, -0.25) is 4.79 Å². The molecule has 1 amide bonds. The maximum Gasteiger partial charge on any atom is 0.253 e. The zero-order valence-corrected chi connectivity index (χ0v) is 10.7. The average molecular weight is 252 g/mol. The van der Waals surface area contributed by atoms with Gasteiger partial charge < -0.3 is 15.7 Å². The van der Waals surface area contributed by atoms with Crippen LogP contribution >= 0.6 is 12.2 Å². The van der Waals surface area contributed by atoms with Crippen LogP contribution in [0.2, 0.25) is 0 Å². The van der Waals surface area contributed by atoms with Crippen molar-refractivity contribution in [1.82, 2.24) is 4.90 Å². The molecule has 5 heteroatoms. The molecule has 0 spiro atoms. The summed E-state index contributed by atoms with van der Waals surface area (Å²) in [6.07, 6.45) is 0. The molecule has 1 rings (SSSR count). The molecule has 1 unspecified atom stereocenters. The van der Waals surface area contributed by atoms with Gasteiger partial charge in [0.05, 0.1) is 12.6 Å². The van der Waals surface area contributed by atoms with Gasteiger partial charge in [0, 0.05) is 18.2 Å². The predicted molar refractivity (Wildman–Crippen MR) is 71.0 cm³/mol. The van der Waals surface area contributed by atoms with Crippen molar-refractivity contribution in [3.05, 3.63) is 35.4 Å². The Hall–Kier alpha value is -1.46. The lowest BCUT2D eigenvalue weighted by Gasteiger charge is -2.23. The van der Waals surface area contributed by atoms with Gasteiger partial charge in [-0.1, -0.05) is 24.4 Å². The van der Waals surface area contributed by atoms with Gasteiger partial charge >= 0.3 is 0 Å². The van der Waals surface area contributed by atoms with Crippen LogP contribution in [0.15, 0.2) is 24.3 Å². The molecule has 0 heterocycles. The third-order valence-electron chi connectivity index (χ3n) is 2.66. The van der Waals surface area contributed by atoms with Gasteiger partial charge in [0.25, 0.3) is 5.91 Å². The Kier molecular flexibility index (Phi) is 4.60. The second-order valence-corrected chi connectivity index (χ2v) is 4.33. The molecule has 1 aromatic rings. The van der Waals surface area contributed by atoms with E-state index >= 15 is 0 Å². The normalized spacial score (nSPS) is 11.9. The Balaban J connectivity index is 2.86. The van der Waals surface area contributed by atoms with E-state index in [2.05, 4.69) is 0 Å². The van der Waals surface area contributed by atoms with Gasteiger partial charge in [-0.15, -0.1) is 0 Å². The second kappa shape index (κ2) is 5.75. The van der Waals surface area contributed by atoms with Crippen molar-refractivity contribution >= 4 is 23.1 Å². The lowest BCUT2D eigenvalue weighted by molar-refractivity contribution is 0.0682. The van der Waals surface area contributed by atoms with E-state index < -0.39 is 0 Å². The molecule has 0 aliphatic carbocycles. The number of rotatable bonds is 4. The maximum atomic E-state index is 12.0. The fourth-order valence-corrected chi connectivity index (χ4v) is 1.44. The molecule has 0 saturated carbocycles. The summed E-state index contributed by atoms with van der Waals surface area (Å²) in [6.45, 7) is 1.72. The first-order chi connectivity index (χ1) is 7.97. The minimum Gasteiger partial charge on any atom is -0.394 e. The number of carbonyl (C=O) groups excluding carboxylic acids is 1. The molecule has 1 aromatic carbocycles. The third kappa shape index (κ3) is 3.25. The summed E-state index contributed by atoms with van der Waals surface area (Å²) < 4.78 is 0. The summed E-state index contributed by atoms with van der Waals surface area (Å²) in [5.41, 5.74) is 6.75. The average Bonchev–Trinajstić information content (AvgIpc) is 2.36. The fraction of sp³-hybridized carbons (Fsp3) is 0.333. The van der Waals surface area contributed by atoms with Crippen molar-refractivity contribution in [2.75, 3.05) is 13.7 Å². The number of aliphatic hydroxyl groups is 1. The first kappa shape index (κ1) is 13.6. The number of nitrogens with two attached hydrogens (primary N) is 1. The summed E-state index contributed by atoms with van der Waals surface area (Å²) in [7, 11) is 1.66. The quantitative estimate of drug-likeness (QED) is 0.777. The van der Waals surface area contributed by atoms with Crippen LogP contribution in [0.1, 0.15) is 22.8 Å². The number of aliphatic hydroxyl groups excluding tert-OH is 1. The van der Waals surface area contributed by atoms with Crippen LogP contribution in [0.3, 0.4) is 0 Å². The van der Waals surface area contributed by atoms with Crippen LogP contribution < -0.4 is 5.73 Å². The number of carbonyl (C=O) groups is 1. The Labute approximate surface area is 106 Å². The highest BCUT2D eigenvalue weighted by molar-refractivity contribution is 7.80. The number of nitrogens with zero attached hydrogens (tertiary/aromatic N) is 1. The van der Waals surface area contributed by atoms with Crippen LogP contribution in [0.25, 0.3) is 0 Å². The molecule has 0 aliphatic heterocycles. The van der Waals surface area contributed by atoms with E-state index in [1.807, 2.05) is 0 Å². The predicted octanol–water partition coefficient (Wildman–Crippen LogP) is 0.774. The second-order valence-electron chi connectivity index (χ2n) is 3.89. The molecule has 0 radical (unpaired) electrons. The maximum absolute atomic E-state index is 12.0. The van der Waals surface area contributed by atoms with E-state index in [-0.39, 0.29) is 18.6 Å². The number of likely N-dealkylation sites (N-methyl/N-ethyl adjacent to an activating group) is 1. The molecule has 0 saturated heterocycles. The molecule has 0 aliphatic rings. The largest absolute Gasteiger partial charge is 0.394 e. The van der Waals surface area contributed by atoms with Crippen LogP contribution in [0.4, 0.5) is 0 Å². The number of hydrogen-bond acceptors (Lipinski definition) is 3. The van der Waals surface area contributed by atoms with E-state index in [1.165, 1.54) is 4.90 Å². The Morgan fingerprint density at radius 2 is 1.88 bits per heavy atom. The lowest BCUT2D eigenvalue weighted by Crippen LogP contribution is -2.37. The van der Waals surface area contributed by atoms with Crippen molar-refractivity contribution in [3.8, 4) is 0 Å². The molecule has 0 aromatic heterocycles. The molecular weight excluding hydrogens is 236 g/mol. The summed E-state index contributed by atoms with van der Waals surface area (Å²) in [6, 6.07) is 6.58. The zero-order valence-electron chi connectivity index (χ0n) is 9.88. The monoisotopic (exact) mass is 252 g/mol. The summed E-state index contributed by atoms with van der Waals surface area (Å²) in [5.74, 6) is -0.138. The van der Waals surface area contributed by atoms with Crippen molar-refractivity contribution in [2.45, 2.75) is 13.0 Å². The van der Waals surface area contributed by atoms with Gasteiger partial charge in [0.2, 0.25) is 0 Å². The minimum absolute atomic E-state index is 0.0623. The van der Waals surface area contributed by atoms with Crippen molar-refractivity contribution in [3.63, 3.8) is 0 Å². The minimum atomic E-state index is -0.210. The van der Waals surface area contributed by atoms with Gasteiger partial charge in [0.1, 0.15) is 4.99 Å². The number of thiocarbonyl (C=S) groups is 1. The van der Waals surface area contributed by atoms with Crippen molar-refractivity contribution in [1.29, 1.82) is 0 Å². The highest BCUT2D eigenvalue weighted by atomic mass is 32.1. The fourth-order valence-electron chi connectivity index (χ4n) is 1.30. The first-order valence-electron chi connectivity index (χ1n) is 5.25. The molecule has 0 bridgehead atoms. The molecule has 3 N–H and O–H groups in total. The van der Waals surface area contributed by atoms with Gasteiger partial charge in [-0.05, 0) is 19.1 Å². The van der Waals surface area contributed by atoms with E-state index in [9.17, 15) is 4.79 Å². The van der Waals surface area contributed by atoms with E-state index in [1.54, 1.807) is 38.2 Å². The van der Waals surface area contributed by atoms with E-state index in [0.29, 0.717) is 10.6 Å².